The molecule has 182 valence electrons. The normalized spacial score (nSPS) is 13.0. The number of hydrogen-bond acceptors (Lipinski definition) is 4. The molecular formula is C27H34N2O5. The van der Waals surface area contributed by atoms with Crippen molar-refractivity contribution in [3.05, 3.63) is 59.7 Å². The minimum Gasteiger partial charge on any atom is -0.481 e. The molecule has 0 aliphatic heterocycles. The molecular weight excluding hydrogens is 432 g/mol. The molecule has 0 spiro atoms. The van der Waals surface area contributed by atoms with Gasteiger partial charge in [-0.15, -0.1) is 0 Å². The first-order valence-corrected chi connectivity index (χ1v) is 12.0. The van der Waals surface area contributed by atoms with Crippen molar-refractivity contribution in [3.63, 3.8) is 0 Å². The summed E-state index contributed by atoms with van der Waals surface area (Å²) >= 11 is 0. The number of benzene rings is 2. The largest absolute Gasteiger partial charge is 0.481 e. The van der Waals surface area contributed by atoms with Crippen LogP contribution in [0.4, 0.5) is 4.79 Å². The predicted molar refractivity (Wildman–Crippen MR) is 131 cm³/mol. The van der Waals surface area contributed by atoms with Crippen LogP contribution in [0, 0.1) is 5.92 Å². The van der Waals surface area contributed by atoms with Crippen LogP contribution in [-0.4, -0.2) is 54.2 Å². The maximum absolute atomic E-state index is 12.3. The van der Waals surface area contributed by atoms with Gasteiger partial charge in [-0.25, -0.2) is 4.79 Å². The lowest BCUT2D eigenvalue weighted by atomic mass is 9.98. The van der Waals surface area contributed by atoms with Crippen molar-refractivity contribution < 1.29 is 24.2 Å². The molecule has 0 radical (unpaired) electrons. The van der Waals surface area contributed by atoms with Crippen molar-refractivity contribution in [2.45, 2.75) is 45.4 Å². The quantitative estimate of drug-likeness (QED) is 0.444. The summed E-state index contributed by atoms with van der Waals surface area (Å²) in [5.41, 5.74) is 4.75. The summed E-state index contributed by atoms with van der Waals surface area (Å²) in [6, 6.07) is 16.4. The van der Waals surface area contributed by atoms with Gasteiger partial charge in [-0.1, -0.05) is 61.9 Å². The number of carbonyl (C=O) groups is 3. The summed E-state index contributed by atoms with van der Waals surface area (Å²) in [6.45, 7) is 4.96. The second-order valence-corrected chi connectivity index (χ2v) is 8.73. The summed E-state index contributed by atoms with van der Waals surface area (Å²) in [5, 5.41) is 11.8. The number of aliphatic carboxylic acids is 1. The average Bonchev–Trinajstić information content (AvgIpc) is 3.16. The zero-order chi connectivity index (χ0) is 24.5. The van der Waals surface area contributed by atoms with E-state index in [9.17, 15) is 14.4 Å². The number of unbranched alkanes of at least 4 members (excludes halogenated alkanes) is 2. The van der Waals surface area contributed by atoms with Gasteiger partial charge in [0.1, 0.15) is 6.61 Å². The van der Waals surface area contributed by atoms with E-state index in [4.69, 9.17) is 9.84 Å². The fourth-order valence-corrected chi connectivity index (χ4v) is 4.39. The number of rotatable bonds is 12. The Hall–Kier alpha value is -3.35. The smallest absolute Gasteiger partial charge is 0.407 e. The average molecular weight is 467 g/mol. The molecule has 3 rings (SSSR count). The van der Waals surface area contributed by atoms with E-state index in [0.717, 1.165) is 12.8 Å². The first-order valence-electron chi connectivity index (χ1n) is 12.0. The molecule has 0 bridgehead atoms. The van der Waals surface area contributed by atoms with Gasteiger partial charge in [0.05, 0.1) is 5.92 Å². The molecule has 0 saturated heterocycles. The van der Waals surface area contributed by atoms with Crippen molar-refractivity contribution in [1.82, 2.24) is 10.2 Å². The number of hydrogen-bond donors (Lipinski definition) is 2. The van der Waals surface area contributed by atoms with Gasteiger partial charge in [0.2, 0.25) is 5.91 Å². The third-order valence-electron chi connectivity index (χ3n) is 6.33. The van der Waals surface area contributed by atoms with E-state index in [1.54, 1.807) is 11.8 Å². The Morgan fingerprint density at radius 2 is 1.62 bits per heavy atom. The lowest BCUT2D eigenvalue weighted by Gasteiger charge is -2.22. The molecule has 2 amide bonds. The molecule has 0 fully saturated rings. The van der Waals surface area contributed by atoms with Crippen LogP contribution in [0.3, 0.4) is 0 Å². The SMILES string of the molecule is CCN(CC(C)C(=O)O)C(=O)CCCCCNC(=O)OCC1c2ccccc2-c2ccccc21. The van der Waals surface area contributed by atoms with E-state index in [1.165, 1.54) is 22.3 Å². The van der Waals surface area contributed by atoms with Gasteiger partial charge in [0, 0.05) is 32.0 Å². The van der Waals surface area contributed by atoms with E-state index in [2.05, 4.69) is 29.6 Å². The first-order chi connectivity index (χ1) is 16.4. The molecule has 0 saturated carbocycles. The van der Waals surface area contributed by atoms with E-state index in [0.29, 0.717) is 25.9 Å². The van der Waals surface area contributed by atoms with Gasteiger partial charge < -0.3 is 20.1 Å². The molecule has 2 aromatic rings. The molecule has 34 heavy (non-hydrogen) atoms. The van der Waals surface area contributed by atoms with Crippen molar-refractivity contribution in [2.75, 3.05) is 26.2 Å². The number of fused-ring (bicyclic) bond motifs is 3. The molecule has 2 N–H and O–H groups in total. The fraction of sp³-hybridized carbons (Fsp3) is 0.444. The summed E-state index contributed by atoms with van der Waals surface area (Å²) < 4.78 is 5.53. The lowest BCUT2D eigenvalue weighted by molar-refractivity contribution is -0.143. The van der Waals surface area contributed by atoms with Crippen molar-refractivity contribution in [2.24, 2.45) is 5.92 Å². The highest BCUT2D eigenvalue weighted by Gasteiger charge is 2.29. The Kier molecular flexibility index (Phi) is 9.08. The zero-order valence-electron chi connectivity index (χ0n) is 20.0. The standard InChI is InChI=1S/C27H34N2O5/c1-3-29(17-19(2)26(31)32)25(30)15-5-4-10-16-28-27(33)34-18-24-22-13-8-6-11-20(22)21-12-7-9-14-23(21)24/h6-9,11-14,19,24H,3-5,10,15-18H2,1-2H3,(H,28,33)(H,31,32). The van der Waals surface area contributed by atoms with E-state index in [1.807, 2.05) is 31.2 Å². The van der Waals surface area contributed by atoms with Crippen LogP contribution in [0.15, 0.2) is 48.5 Å². The summed E-state index contributed by atoms with van der Waals surface area (Å²) in [4.78, 5) is 37.1. The Morgan fingerprint density at radius 3 is 2.21 bits per heavy atom. The first kappa shape index (κ1) is 25.3. The Morgan fingerprint density at radius 1 is 1.00 bits per heavy atom. The summed E-state index contributed by atoms with van der Waals surface area (Å²) in [6.07, 6.45) is 2.18. The van der Waals surface area contributed by atoms with E-state index >= 15 is 0 Å². The monoisotopic (exact) mass is 466 g/mol. The highest BCUT2D eigenvalue weighted by molar-refractivity contribution is 5.79. The van der Waals surface area contributed by atoms with Crippen LogP contribution in [0.1, 0.15) is 56.6 Å². The zero-order valence-corrected chi connectivity index (χ0v) is 20.0. The number of ether oxygens (including phenoxy) is 1. The highest BCUT2D eigenvalue weighted by atomic mass is 16.5. The van der Waals surface area contributed by atoms with Gasteiger partial charge in [-0.3, -0.25) is 9.59 Å². The molecule has 1 unspecified atom stereocenters. The molecule has 0 aromatic heterocycles. The minimum absolute atomic E-state index is 0.0277. The maximum atomic E-state index is 12.3. The van der Waals surface area contributed by atoms with E-state index in [-0.39, 0.29) is 25.0 Å². The highest BCUT2D eigenvalue weighted by Crippen LogP contribution is 2.44. The van der Waals surface area contributed by atoms with Crippen LogP contribution in [0.25, 0.3) is 11.1 Å². The number of carboxylic acid groups (broad SMARTS) is 1. The Balaban J connectivity index is 1.34. The Bertz CT molecular complexity index is 961. The summed E-state index contributed by atoms with van der Waals surface area (Å²) in [7, 11) is 0. The van der Waals surface area contributed by atoms with Crippen LogP contribution in [0.2, 0.25) is 0 Å². The van der Waals surface area contributed by atoms with Gasteiger partial charge in [0.25, 0.3) is 0 Å². The summed E-state index contributed by atoms with van der Waals surface area (Å²) in [5.74, 6) is -1.47. The van der Waals surface area contributed by atoms with Crippen LogP contribution in [-0.2, 0) is 14.3 Å². The van der Waals surface area contributed by atoms with Gasteiger partial charge in [0.15, 0.2) is 0 Å². The van der Waals surface area contributed by atoms with Gasteiger partial charge >= 0.3 is 12.1 Å². The Labute approximate surface area is 201 Å². The van der Waals surface area contributed by atoms with Crippen molar-refractivity contribution in [1.29, 1.82) is 0 Å². The number of nitrogens with one attached hydrogen (secondary N) is 1. The molecule has 1 aliphatic carbocycles. The molecule has 7 heteroatoms. The molecule has 2 aromatic carbocycles. The fourth-order valence-electron chi connectivity index (χ4n) is 4.39. The van der Waals surface area contributed by atoms with Crippen LogP contribution < -0.4 is 5.32 Å². The minimum atomic E-state index is -0.898. The van der Waals surface area contributed by atoms with E-state index < -0.39 is 18.0 Å². The number of carboxylic acids is 1. The molecule has 7 nitrogen and oxygen atoms in total. The second kappa shape index (κ2) is 12.2. The number of alkyl carbamates (subject to hydrolysis) is 1. The predicted octanol–water partition coefficient (Wildman–Crippen LogP) is 4.65. The van der Waals surface area contributed by atoms with Crippen LogP contribution >= 0.6 is 0 Å². The molecule has 1 aliphatic rings. The second-order valence-electron chi connectivity index (χ2n) is 8.73. The third kappa shape index (κ3) is 6.37. The van der Waals surface area contributed by atoms with Crippen molar-refractivity contribution >= 4 is 18.0 Å². The van der Waals surface area contributed by atoms with Crippen LogP contribution in [0.5, 0.6) is 0 Å². The lowest BCUT2D eigenvalue weighted by Crippen LogP contribution is -2.36. The molecule has 0 heterocycles. The third-order valence-corrected chi connectivity index (χ3v) is 6.33. The number of amides is 2. The number of carbonyl (C=O) groups excluding carboxylic acids is 2. The molecule has 1 atom stereocenters. The van der Waals surface area contributed by atoms with Gasteiger partial charge in [-0.2, -0.15) is 0 Å². The maximum Gasteiger partial charge on any atom is 0.407 e. The number of nitrogens with zero attached hydrogens (tertiary/aromatic N) is 1. The van der Waals surface area contributed by atoms with Gasteiger partial charge in [-0.05, 0) is 42.0 Å². The topological polar surface area (TPSA) is 95.9 Å². The van der Waals surface area contributed by atoms with Crippen molar-refractivity contribution in [3.8, 4) is 11.1 Å².